The summed E-state index contributed by atoms with van der Waals surface area (Å²) in [7, 11) is 1.82. The second-order valence-electron chi connectivity index (χ2n) is 9.46. The third-order valence-electron chi connectivity index (χ3n) is 7.86. The lowest BCUT2D eigenvalue weighted by atomic mass is 9.62. The quantitative estimate of drug-likeness (QED) is 0.760. The summed E-state index contributed by atoms with van der Waals surface area (Å²) < 4.78 is 11.8. The highest BCUT2D eigenvalue weighted by atomic mass is 16.5. The van der Waals surface area contributed by atoms with Crippen LogP contribution >= 0.6 is 0 Å². The molecule has 3 fully saturated rings. The van der Waals surface area contributed by atoms with E-state index in [0.29, 0.717) is 29.0 Å². The molecule has 3 unspecified atom stereocenters. The molecule has 3 aliphatic rings. The number of pyridine rings is 1. The topological polar surface area (TPSA) is 77.7 Å². The number of ether oxygens (including phenoxy) is 2. The average molecular weight is 402 g/mol. The fourth-order valence-electron chi connectivity index (χ4n) is 6.19. The molecular formula is C23H35N3O3. The Balaban J connectivity index is 1.59. The molecule has 0 radical (unpaired) electrons. The second-order valence-corrected chi connectivity index (χ2v) is 9.46. The zero-order chi connectivity index (χ0) is 20.6. The number of rotatable bonds is 7. The van der Waals surface area contributed by atoms with Gasteiger partial charge in [-0.05, 0) is 55.8 Å². The van der Waals surface area contributed by atoms with Crippen LogP contribution in [0.25, 0.3) is 0 Å². The second kappa shape index (κ2) is 7.97. The molecule has 2 aliphatic carbocycles. The summed E-state index contributed by atoms with van der Waals surface area (Å²) in [6, 6.07) is 4.50. The summed E-state index contributed by atoms with van der Waals surface area (Å²) >= 11 is 0. The van der Waals surface area contributed by atoms with E-state index in [0.717, 1.165) is 44.7 Å². The highest BCUT2D eigenvalue weighted by Crippen LogP contribution is 2.52. The summed E-state index contributed by atoms with van der Waals surface area (Å²) in [6.07, 6.45) is 7.66. The molecule has 1 aromatic heterocycles. The Labute approximate surface area is 174 Å². The van der Waals surface area contributed by atoms with Crippen LogP contribution in [0.15, 0.2) is 18.3 Å². The normalized spacial score (nSPS) is 31.4. The summed E-state index contributed by atoms with van der Waals surface area (Å²) in [4.78, 5) is 18.6. The maximum absolute atomic E-state index is 11.7. The molecule has 29 heavy (non-hydrogen) atoms. The van der Waals surface area contributed by atoms with Gasteiger partial charge in [-0.3, -0.25) is 9.78 Å². The molecule has 6 nitrogen and oxygen atoms in total. The molecule has 2 heterocycles. The molecule has 6 heteroatoms. The molecule has 1 aromatic rings. The Hall–Kier alpha value is -1.50. The van der Waals surface area contributed by atoms with E-state index < -0.39 is 11.5 Å². The van der Waals surface area contributed by atoms with Crippen molar-refractivity contribution in [3.63, 3.8) is 0 Å². The number of primary amides is 1. The van der Waals surface area contributed by atoms with Crippen molar-refractivity contribution in [1.29, 1.82) is 0 Å². The molecule has 1 saturated heterocycles. The first-order valence-corrected chi connectivity index (χ1v) is 11.1. The molecule has 0 bridgehead atoms. The van der Waals surface area contributed by atoms with Crippen molar-refractivity contribution >= 4 is 5.91 Å². The van der Waals surface area contributed by atoms with Crippen LogP contribution in [0.1, 0.15) is 62.0 Å². The van der Waals surface area contributed by atoms with Gasteiger partial charge in [-0.15, -0.1) is 0 Å². The standard InChI is InChI=1S/C23H35N3O3/c1-4-26(19-11-22(12-19)14-29-15-22)13-18-7-5-6-16(2)23(18,28-3)17-8-9-25-20(10-17)21(24)27/h8-10,16,18-19H,4-7,11-15H2,1-3H3,(H2,24,27). The highest BCUT2D eigenvalue weighted by Gasteiger charge is 2.53. The Morgan fingerprint density at radius 3 is 2.72 bits per heavy atom. The Kier molecular flexibility index (Phi) is 5.70. The van der Waals surface area contributed by atoms with Crippen molar-refractivity contribution in [3.8, 4) is 0 Å². The number of hydrogen-bond acceptors (Lipinski definition) is 5. The minimum absolute atomic E-state index is 0.314. The number of nitrogens with two attached hydrogens (primary N) is 1. The number of carbonyl (C=O) groups is 1. The monoisotopic (exact) mass is 401 g/mol. The van der Waals surface area contributed by atoms with Gasteiger partial charge in [-0.25, -0.2) is 0 Å². The minimum Gasteiger partial charge on any atom is -0.380 e. The van der Waals surface area contributed by atoms with Crippen LogP contribution in [0.5, 0.6) is 0 Å². The van der Waals surface area contributed by atoms with Crippen molar-refractivity contribution < 1.29 is 14.3 Å². The van der Waals surface area contributed by atoms with Crippen molar-refractivity contribution in [2.75, 3.05) is 33.4 Å². The predicted octanol–water partition coefficient (Wildman–Crippen LogP) is 2.96. The van der Waals surface area contributed by atoms with Crippen molar-refractivity contribution in [2.24, 2.45) is 23.0 Å². The van der Waals surface area contributed by atoms with Gasteiger partial charge < -0.3 is 20.1 Å². The highest BCUT2D eigenvalue weighted by molar-refractivity contribution is 5.90. The van der Waals surface area contributed by atoms with E-state index >= 15 is 0 Å². The number of carbonyl (C=O) groups excluding carboxylic acids is 1. The number of aromatic nitrogens is 1. The van der Waals surface area contributed by atoms with Crippen LogP contribution in [0.3, 0.4) is 0 Å². The van der Waals surface area contributed by atoms with Crippen LogP contribution in [0.4, 0.5) is 0 Å². The first kappa shape index (κ1) is 20.8. The minimum atomic E-state index is -0.490. The number of amides is 1. The van der Waals surface area contributed by atoms with Gasteiger partial charge >= 0.3 is 0 Å². The third kappa shape index (κ3) is 3.49. The van der Waals surface area contributed by atoms with E-state index in [4.69, 9.17) is 15.2 Å². The lowest BCUT2D eigenvalue weighted by Crippen LogP contribution is -2.61. The summed E-state index contributed by atoms with van der Waals surface area (Å²) in [5, 5.41) is 0. The molecule has 1 spiro atoms. The Bertz CT molecular complexity index is 743. The van der Waals surface area contributed by atoms with Gasteiger partial charge in [0.25, 0.3) is 5.91 Å². The summed E-state index contributed by atoms with van der Waals surface area (Å²) in [5.41, 5.74) is 6.92. The smallest absolute Gasteiger partial charge is 0.267 e. The van der Waals surface area contributed by atoms with Crippen LogP contribution in [0, 0.1) is 17.3 Å². The molecule has 2 saturated carbocycles. The first-order valence-electron chi connectivity index (χ1n) is 11.1. The van der Waals surface area contributed by atoms with E-state index in [-0.39, 0.29) is 0 Å². The van der Waals surface area contributed by atoms with Crippen molar-refractivity contribution in [3.05, 3.63) is 29.6 Å². The SMILES string of the molecule is CCN(CC1CCCC(C)C1(OC)c1ccnc(C(N)=O)c1)C1CC2(COC2)C1. The molecule has 1 aliphatic heterocycles. The van der Waals surface area contributed by atoms with Crippen LogP contribution in [-0.4, -0.2) is 55.2 Å². The fourth-order valence-corrected chi connectivity index (χ4v) is 6.19. The molecule has 1 amide bonds. The average Bonchev–Trinajstić information content (AvgIpc) is 2.65. The Morgan fingerprint density at radius 1 is 1.38 bits per heavy atom. The van der Waals surface area contributed by atoms with E-state index in [1.165, 1.54) is 19.3 Å². The molecule has 4 rings (SSSR count). The maximum atomic E-state index is 11.7. The fraction of sp³-hybridized carbons (Fsp3) is 0.739. The zero-order valence-electron chi connectivity index (χ0n) is 18.0. The van der Waals surface area contributed by atoms with E-state index in [1.54, 1.807) is 6.20 Å². The van der Waals surface area contributed by atoms with E-state index in [1.807, 2.05) is 19.2 Å². The van der Waals surface area contributed by atoms with Gasteiger partial charge in [0.15, 0.2) is 0 Å². The van der Waals surface area contributed by atoms with Gasteiger partial charge in [-0.1, -0.05) is 20.3 Å². The largest absolute Gasteiger partial charge is 0.380 e. The predicted molar refractivity (Wildman–Crippen MR) is 111 cm³/mol. The summed E-state index contributed by atoms with van der Waals surface area (Å²) in [5.74, 6) is 0.241. The zero-order valence-corrected chi connectivity index (χ0v) is 18.0. The molecule has 3 atom stereocenters. The number of nitrogens with zero attached hydrogens (tertiary/aromatic N) is 2. The van der Waals surface area contributed by atoms with E-state index in [9.17, 15) is 4.79 Å². The first-order chi connectivity index (χ1) is 13.9. The number of hydrogen-bond donors (Lipinski definition) is 1. The maximum Gasteiger partial charge on any atom is 0.267 e. The van der Waals surface area contributed by atoms with Crippen LogP contribution in [-0.2, 0) is 15.1 Å². The molecule has 2 N–H and O–H groups in total. The van der Waals surface area contributed by atoms with Gasteiger partial charge in [-0.2, -0.15) is 0 Å². The molecule has 0 aromatic carbocycles. The van der Waals surface area contributed by atoms with Gasteiger partial charge in [0.2, 0.25) is 0 Å². The number of methoxy groups -OCH3 is 1. The van der Waals surface area contributed by atoms with E-state index in [2.05, 4.69) is 23.7 Å². The lowest BCUT2D eigenvalue weighted by Gasteiger charge is -2.57. The molecular weight excluding hydrogens is 366 g/mol. The third-order valence-corrected chi connectivity index (χ3v) is 7.86. The molecule has 160 valence electrons. The Morgan fingerprint density at radius 2 is 2.14 bits per heavy atom. The van der Waals surface area contributed by atoms with Gasteiger partial charge in [0.05, 0.1) is 18.8 Å². The van der Waals surface area contributed by atoms with Crippen LogP contribution < -0.4 is 5.73 Å². The van der Waals surface area contributed by atoms with Gasteiger partial charge in [0, 0.05) is 37.2 Å². The van der Waals surface area contributed by atoms with Crippen molar-refractivity contribution in [2.45, 2.75) is 57.6 Å². The van der Waals surface area contributed by atoms with Gasteiger partial charge in [0.1, 0.15) is 5.69 Å². The summed E-state index contributed by atoms with van der Waals surface area (Å²) in [6.45, 7) is 8.49. The van der Waals surface area contributed by atoms with Crippen LogP contribution in [0.2, 0.25) is 0 Å². The lowest BCUT2D eigenvalue weighted by molar-refractivity contribution is -0.191. The van der Waals surface area contributed by atoms with Crippen molar-refractivity contribution in [1.82, 2.24) is 9.88 Å².